The Hall–Kier alpha value is -3.58. The lowest BCUT2D eigenvalue weighted by molar-refractivity contribution is 0.496. The van der Waals surface area contributed by atoms with E-state index in [1.165, 1.54) is 61.6 Å². The summed E-state index contributed by atoms with van der Waals surface area (Å²) in [6, 6.07) is 33.3. The first-order chi connectivity index (χ1) is 16.7. The van der Waals surface area contributed by atoms with Gasteiger partial charge < -0.3 is 0 Å². The van der Waals surface area contributed by atoms with Gasteiger partial charge in [-0.1, -0.05) is 143 Å². The van der Waals surface area contributed by atoms with Crippen LogP contribution in [0.5, 0.6) is 0 Å². The molecule has 0 bridgehead atoms. The number of isocyanates is 2. The molecule has 178 valence electrons. The standard InChI is InChI=1S/C28H34.2CHNO/c1-2-3-4-5-6-7-17-24-28(25-18-11-8-12-19-25,26-20-13-9-14-21-26)27-22-15-10-16-23-27;2*2-1-3/h8-16,18-23H,2-7,17,24H2,1H3;2*2H. The molecule has 0 amide bonds. The molecular weight excluding hydrogens is 420 g/mol. The fourth-order valence-corrected chi connectivity index (χ4v) is 4.45. The van der Waals surface area contributed by atoms with Gasteiger partial charge in [-0.3, -0.25) is 0 Å². The summed E-state index contributed by atoms with van der Waals surface area (Å²) in [6.07, 6.45) is 12.0. The second-order valence-electron chi connectivity index (χ2n) is 8.08. The fraction of sp³-hybridized carbons (Fsp3) is 0.333. The summed E-state index contributed by atoms with van der Waals surface area (Å²) in [7, 11) is 0. The predicted octanol–water partition coefficient (Wildman–Crippen LogP) is 7.96. The fourth-order valence-electron chi connectivity index (χ4n) is 4.45. The highest BCUT2D eigenvalue weighted by molar-refractivity contribution is 5.50. The molecule has 34 heavy (non-hydrogen) atoms. The monoisotopic (exact) mass is 456 g/mol. The number of hydrogen-bond acceptors (Lipinski definition) is 4. The Balaban J connectivity index is 0.000000872. The lowest BCUT2D eigenvalue weighted by Gasteiger charge is -2.36. The minimum atomic E-state index is -0.0762. The van der Waals surface area contributed by atoms with Gasteiger partial charge in [0.15, 0.2) is 0 Å². The molecule has 3 rings (SSSR count). The highest BCUT2D eigenvalue weighted by Crippen LogP contribution is 2.43. The second kappa shape index (κ2) is 17.9. The summed E-state index contributed by atoms with van der Waals surface area (Å²) in [6.45, 7) is 2.29. The number of rotatable bonds is 11. The van der Waals surface area contributed by atoms with Crippen molar-refractivity contribution in [3.8, 4) is 0 Å². The maximum absolute atomic E-state index is 8.35. The molecule has 0 spiro atoms. The predicted molar refractivity (Wildman–Crippen MR) is 139 cm³/mol. The summed E-state index contributed by atoms with van der Waals surface area (Å²) < 4.78 is 0. The molecule has 0 aromatic heterocycles. The van der Waals surface area contributed by atoms with E-state index >= 15 is 0 Å². The van der Waals surface area contributed by atoms with Gasteiger partial charge in [0.2, 0.25) is 12.2 Å². The van der Waals surface area contributed by atoms with Crippen molar-refractivity contribution in [2.24, 2.45) is 0 Å². The second-order valence-corrected chi connectivity index (χ2v) is 8.08. The van der Waals surface area contributed by atoms with Crippen molar-refractivity contribution in [1.82, 2.24) is 0 Å². The Morgan fingerprint density at radius 2 is 0.853 bits per heavy atom. The first-order valence-electron chi connectivity index (χ1n) is 12.0. The van der Waals surface area contributed by atoms with E-state index in [1.807, 2.05) is 0 Å². The highest BCUT2D eigenvalue weighted by Gasteiger charge is 2.35. The van der Waals surface area contributed by atoms with Gasteiger partial charge in [0.05, 0.1) is 0 Å². The van der Waals surface area contributed by atoms with Gasteiger partial charge >= 0.3 is 0 Å². The SMILES string of the molecule is CCCCCCCCCC(c1ccccc1)(c1ccccc1)c1ccccc1.N=C=O.N=C=O. The smallest absolute Gasteiger partial charge is 0.222 e. The van der Waals surface area contributed by atoms with Gasteiger partial charge in [-0.25, -0.2) is 20.4 Å². The van der Waals surface area contributed by atoms with Crippen LogP contribution in [0.4, 0.5) is 0 Å². The van der Waals surface area contributed by atoms with Crippen LogP contribution >= 0.6 is 0 Å². The van der Waals surface area contributed by atoms with Crippen molar-refractivity contribution in [2.45, 2.75) is 63.7 Å². The lowest BCUT2D eigenvalue weighted by atomic mass is 9.66. The molecule has 0 unspecified atom stereocenters. The molecule has 3 aromatic rings. The average Bonchev–Trinajstić information content (AvgIpc) is 2.88. The maximum atomic E-state index is 8.35. The van der Waals surface area contributed by atoms with Crippen LogP contribution in [0.3, 0.4) is 0 Å². The minimum Gasteiger partial charge on any atom is -0.222 e. The Labute approximate surface area is 204 Å². The molecule has 0 fully saturated rings. The lowest BCUT2D eigenvalue weighted by Crippen LogP contribution is -2.29. The number of unbranched alkanes of at least 4 members (excludes halogenated alkanes) is 6. The Kier molecular flexibility index (Phi) is 15.0. The Morgan fingerprint density at radius 1 is 0.559 bits per heavy atom. The van der Waals surface area contributed by atoms with Crippen molar-refractivity contribution in [2.75, 3.05) is 0 Å². The molecule has 0 aliphatic rings. The molecule has 0 heterocycles. The van der Waals surface area contributed by atoms with Crippen LogP contribution in [-0.2, 0) is 15.0 Å². The van der Waals surface area contributed by atoms with E-state index < -0.39 is 0 Å². The van der Waals surface area contributed by atoms with Gasteiger partial charge in [0.1, 0.15) is 0 Å². The van der Waals surface area contributed by atoms with Gasteiger partial charge in [0.25, 0.3) is 0 Å². The van der Waals surface area contributed by atoms with Crippen molar-refractivity contribution < 1.29 is 9.59 Å². The van der Waals surface area contributed by atoms with Crippen molar-refractivity contribution >= 4 is 12.2 Å². The average molecular weight is 457 g/mol. The summed E-state index contributed by atoms with van der Waals surface area (Å²) >= 11 is 0. The van der Waals surface area contributed by atoms with E-state index in [4.69, 9.17) is 20.4 Å². The van der Waals surface area contributed by atoms with E-state index in [-0.39, 0.29) is 5.41 Å². The topological polar surface area (TPSA) is 81.8 Å². The number of benzene rings is 3. The van der Waals surface area contributed by atoms with Crippen LogP contribution < -0.4 is 0 Å². The maximum Gasteiger partial charge on any atom is 0.231 e. The zero-order chi connectivity index (χ0) is 24.9. The van der Waals surface area contributed by atoms with Crippen LogP contribution in [0.2, 0.25) is 0 Å². The molecule has 0 radical (unpaired) electrons. The minimum absolute atomic E-state index is 0.0762. The molecular formula is C30H36N2O2. The van der Waals surface area contributed by atoms with Gasteiger partial charge in [-0.05, 0) is 23.1 Å². The van der Waals surface area contributed by atoms with Crippen LogP contribution in [-0.4, -0.2) is 12.2 Å². The van der Waals surface area contributed by atoms with Gasteiger partial charge in [0, 0.05) is 5.41 Å². The third-order valence-corrected chi connectivity index (χ3v) is 5.96. The first kappa shape index (κ1) is 28.5. The normalized spacial score (nSPS) is 9.91. The van der Waals surface area contributed by atoms with E-state index in [0.717, 1.165) is 18.6 Å². The zero-order valence-electron chi connectivity index (χ0n) is 20.1. The van der Waals surface area contributed by atoms with E-state index in [9.17, 15) is 0 Å². The Morgan fingerprint density at radius 3 is 1.18 bits per heavy atom. The first-order valence-corrected chi connectivity index (χ1v) is 12.0. The van der Waals surface area contributed by atoms with E-state index in [1.54, 1.807) is 0 Å². The summed E-state index contributed by atoms with van der Waals surface area (Å²) in [5, 5.41) is 10.8. The van der Waals surface area contributed by atoms with Crippen LogP contribution in [0.15, 0.2) is 91.0 Å². The van der Waals surface area contributed by atoms with Crippen LogP contribution in [0.25, 0.3) is 0 Å². The van der Waals surface area contributed by atoms with E-state index in [2.05, 4.69) is 97.9 Å². The van der Waals surface area contributed by atoms with Crippen LogP contribution in [0, 0.1) is 10.8 Å². The quantitative estimate of drug-likeness (QED) is 0.133. The third kappa shape index (κ3) is 9.11. The molecule has 0 saturated heterocycles. The van der Waals surface area contributed by atoms with Gasteiger partial charge in [-0.15, -0.1) is 0 Å². The molecule has 2 N–H and O–H groups in total. The third-order valence-electron chi connectivity index (χ3n) is 5.96. The molecule has 0 aliphatic heterocycles. The zero-order valence-corrected chi connectivity index (χ0v) is 20.1. The number of hydrogen-bond donors (Lipinski definition) is 2. The molecule has 3 aromatic carbocycles. The summed E-state index contributed by atoms with van der Waals surface area (Å²) in [4.78, 5) is 16.7. The highest BCUT2D eigenvalue weighted by atomic mass is 16.1. The van der Waals surface area contributed by atoms with Crippen molar-refractivity contribution in [3.63, 3.8) is 0 Å². The molecule has 4 nitrogen and oxygen atoms in total. The van der Waals surface area contributed by atoms with Crippen LogP contribution in [0.1, 0.15) is 75.0 Å². The molecule has 4 heteroatoms. The summed E-state index contributed by atoms with van der Waals surface area (Å²) in [5.74, 6) is 0. The molecule has 0 saturated carbocycles. The number of carbonyl (C=O) groups excluding carboxylic acids is 2. The van der Waals surface area contributed by atoms with Crippen molar-refractivity contribution in [1.29, 1.82) is 10.8 Å². The summed E-state index contributed by atoms with van der Waals surface area (Å²) in [5.41, 5.74) is 4.13. The largest absolute Gasteiger partial charge is 0.231 e. The number of nitrogens with one attached hydrogen (secondary N) is 2. The van der Waals surface area contributed by atoms with Gasteiger partial charge in [-0.2, -0.15) is 0 Å². The van der Waals surface area contributed by atoms with Crippen molar-refractivity contribution in [3.05, 3.63) is 108 Å². The molecule has 0 aliphatic carbocycles. The Bertz CT molecular complexity index is 852. The van der Waals surface area contributed by atoms with E-state index in [0.29, 0.717) is 0 Å². The molecule has 0 atom stereocenters.